The molecule has 2 aromatic rings. The Kier molecular flexibility index (Phi) is 4.81. The van der Waals surface area contributed by atoms with Crippen LogP contribution in [0.4, 0.5) is 19.0 Å². The highest BCUT2D eigenvalue weighted by Gasteiger charge is 2.32. The van der Waals surface area contributed by atoms with Crippen molar-refractivity contribution in [1.82, 2.24) is 4.98 Å². The number of anilines is 1. The minimum Gasteiger partial charge on any atom is -0.438 e. The third kappa shape index (κ3) is 4.32. The van der Waals surface area contributed by atoms with Crippen LogP contribution in [0.25, 0.3) is 0 Å². The topological polar surface area (TPSA) is 51.2 Å². The molecule has 116 valence electrons. The molecule has 2 rings (SSSR count). The fourth-order valence-electron chi connectivity index (χ4n) is 1.51. The van der Waals surface area contributed by atoms with Crippen LogP contribution < -0.4 is 10.1 Å². The van der Waals surface area contributed by atoms with Crippen LogP contribution in [-0.4, -0.2) is 10.9 Å². The fraction of sp³-hybridized carbons (Fsp3) is 0.143. The Labute approximate surface area is 128 Å². The molecule has 0 bridgehead atoms. The molecule has 0 aliphatic carbocycles. The second-order valence-electron chi connectivity index (χ2n) is 4.15. The molecule has 0 spiro atoms. The van der Waals surface area contributed by atoms with Crippen LogP contribution in [0, 0.1) is 0 Å². The van der Waals surface area contributed by atoms with Crippen LogP contribution in [0.1, 0.15) is 11.3 Å². The summed E-state index contributed by atoms with van der Waals surface area (Å²) in [5.74, 6) is 0.0764. The zero-order chi connectivity index (χ0) is 16.2. The van der Waals surface area contributed by atoms with Crippen molar-refractivity contribution >= 4 is 23.1 Å². The normalized spacial score (nSPS) is 11.0. The van der Waals surface area contributed by atoms with Gasteiger partial charge in [-0.25, -0.2) is 0 Å². The highest BCUT2D eigenvalue weighted by Crippen LogP contribution is 2.37. The molecular formula is C14H11F3N2O2S. The van der Waals surface area contributed by atoms with Gasteiger partial charge in [-0.2, -0.15) is 18.2 Å². The quantitative estimate of drug-likeness (QED) is 0.824. The number of carbonyl (C=O) groups excluding carboxylic acids is 1. The summed E-state index contributed by atoms with van der Waals surface area (Å²) in [6.07, 6.45) is -2.83. The Balaban J connectivity index is 2.08. The number of nitrogens with zero attached hydrogens (tertiary/aromatic N) is 1. The summed E-state index contributed by atoms with van der Waals surface area (Å²) in [5.41, 5.74) is 0. The summed E-state index contributed by atoms with van der Waals surface area (Å²) in [7, 11) is 0. The lowest BCUT2D eigenvalue weighted by Crippen LogP contribution is -2.11. The van der Waals surface area contributed by atoms with Gasteiger partial charge in [0.2, 0.25) is 11.8 Å². The summed E-state index contributed by atoms with van der Waals surface area (Å²) in [5, 5.41) is 3.76. The highest BCUT2D eigenvalue weighted by molar-refractivity contribution is 7.10. The van der Waals surface area contributed by atoms with Crippen molar-refractivity contribution in [1.29, 1.82) is 0 Å². The molecule has 0 aromatic carbocycles. The van der Waals surface area contributed by atoms with Crippen molar-refractivity contribution in [2.45, 2.75) is 12.6 Å². The minimum absolute atomic E-state index is 0.0411. The summed E-state index contributed by atoms with van der Waals surface area (Å²) in [4.78, 5) is 14.7. The van der Waals surface area contributed by atoms with Crippen LogP contribution in [0.2, 0.25) is 0 Å². The first-order valence-corrected chi connectivity index (χ1v) is 6.98. The smallest absolute Gasteiger partial charge is 0.425 e. The third-order valence-electron chi connectivity index (χ3n) is 2.40. The van der Waals surface area contributed by atoms with Gasteiger partial charge >= 0.3 is 6.18 Å². The van der Waals surface area contributed by atoms with E-state index in [0.717, 1.165) is 6.07 Å². The number of rotatable bonds is 5. The average molecular weight is 328 g/mol. The predicted molar refractivity (Wildman–Crippen MR) is 77.1 cm³/mol. The van der Waals surface area contributed by atoms with E-state index >= 15 is 0 Å². The minimum atomic E-state index is -4.40. The van der Waals surface area contributed by atoms with Gasteiger partial charge < -0.3 is 10.1 Å². The maximum atomic E-state index is 12.5. The first-order chi connectivity index (χ1) is 10.4. The summed E-state index contributed by atoms with van der Waals surface area (Å²) < 4.78 is 42.8. The fourth-order valence-corrected chi connectivity index (χ4v) is 2.19. The van der Waals surface area contributed by atoms with Gasteiger partial charge in [-0.15, -0.1) is 17.9 Å². The molecule has 0 saturated carbocycles. The number of ether oxygens (including phenoxy) is 1. The maximum absolute atomic E-state index is 12.5. The lowest BCUT2D eigenvalue weighted by atomic mass is 10.4. The lowest BCUT2D eigenvalue weighted by molar-refractivity contribution is -0.134. The molecule has 22 heavy (non-hydrogen) atoms. The molecule has 0 atom stereocenters. The molecule has 2 aromatic heterocycles. The molecule has 8 heteroatoms. The van der Waals surface area contributed by atoms with Gasteiger partial charge in [0, 0.05) is 23.9 Å². The number of amides is 1. The number of thiophene rings is 1. The summed E-state index contributed by atoms with van der Waals surface area (Å²) >= 11 is 0.539. The lowest BCUT2D eigenvalue weighted by Gasteiger charge is -2.06. The number of pyridine rings is 1. The van der Waals surface area contributed by atoms with Gasteiger partial charge in [0.15, 0.2) is 0 Å². The van der Waals surface area contributed by atoms with Crippen molar-refractivity contribution in [3.05, 3.63) is 47.2 Å². The van der Waals surface area contributed by atoms with Crippen molar-refractivity contribution < 1.29 is 22.7 Å². The summed E-state index contributed by atoms with van der Waals surface area (Å²) in [6.45, 7) is 3.44. The van der Waals surface area contributed by atoms with E-state index in [1.165, 1.54) is 17.5 Å². The SMILES string of the molecule is C=CCC(=O)Nc1cccc(Oc2csc(C(F)(F)F)c2)n1. The van der Waals surface area contributed by atoms with Gasteiger partial charge in [-0.3, -0.25) is 4.79 Å². The largest absolute Gasteiger partial charge is 0.438 e. The van der Waals surface area contributed by atoms with Crippen LogP contribution in [0.15, 0.2) is 42.3 Å². The first kappa shape index (κ1) is 16.0. The van der Waals surface area contributed by atoms with Gasteiger partial charge in [0.1, 0.15) is 16.4 Å². The Morgan fingerprint density at radius 2 is 2.23 bits per heavy atom. The van der Waals surface area contributed by atoms with E-state index in [-0.39, 0.29) is 29.8 Å². The number of carbonyl (C=O) groups is 1. The van der Waals surface area contributed by atoms with Crippen LogP contribution in [0.5, 0.6) is 11.6 Å². The molecule has 0 radical (unpaired) electrons. The Hall–Kier alpha value is -2.35. The first-order valence-electron chi connectivity index (χ1n) is 6.10. The van der Waals surface area contributed by atoms with Crippen LogP contribution in [-0.2, 0) is 11.0 Å². The van der Waals surface area contributed by atoms with Crippen molar-refractivity contribution in [2.24, 2.45) is 0 Å². The molecule has 4 nitrogen and oxygen atoms in total. The van der Waals surface area contributed by atoms with Crippen molar-refractivity contribution in [2.75, 3.05) is 5.32 Å². The number of hydrogen-bond donors (Lipinski definition) is 1. The standard InChI is InChI=1S/C14H11F3N2O2S/c1-2-4-12(20)18-11-5-3-6-13(19-11)21-9-7-10(22-8-9)14(15,16)17/h2-3,5-8H,1,4H2,(H,18,19,20). The average Bonchev–Trinajstić information content (AvgIpc) is 2.88. The van der Waals surface area contributed by atoms with E-state index in [9.17, 15) is 18.0 Å². The maximum Gasteiger partial charge on any atom is 0.425 e. The van der Waals surface area contributed by atoms with E-state index in [1.54, 1.807) is 12.1 Å². The van der Waals surface area contributed by atoms with Crippen molar-refractivity contribution in [3.8, 4) is 11.6 Å². The van der Waals surface area contributed by atoms with Gasteiger partial charge in [-0.1, -0.05) is 12.1 Å². The Bertz CT molecular complexity index is 683. The molecule has 0 aliphatic rings. The number of aromatic nitrogens is 1. The van der Waals surface area contributed by atoms with E-state index < -0.39 is 11.1 Å². The van der Waals surface area contributed by atoms with Crippen LogP contribution in [0.3, 0.4) is 0 Å². The highest BCUT2D eigenvalue weighted by atomic mass is 32.1. The molecule has 1 amide bonds. The van der Waals surface area contributed by atoms with Crippen LogP contribution >= 0.6 is 11.3 Å². The zero-order valence-electron chi connectivity index (χ0n) is 11.2. The number of alkyl halides is 3. The molecule has 0 saturated heterocycles. The molecule has 0 aliphatic heterocycles. The number of hydrogen-bond acceptors (Lipinski definition) is 4. The van der Waals surface area contributed by atoms with Gasteiger partial charge in [-0.05, 0) is 6.07 Å². The van der Waals surface area contributed by atoms with E-state index in [2.05, 4.69) is 16.9 Å². The molecule has 0 unspecified atom stereocenters. The van der Waals surface area contributed by atoms with Gasteiger partial charge in [0.05, 0.1) is 0 Å². The Morgan fingerprint density at radius 3 is 2.86 bits per heavy atom. The number of nitrogens with one attached hydrogen (secondary N) is 1. The van der Waals surface area contributed by atoms with E-state index in [1.807, 2.05) is 0 Å². The Morgan fingerprint density at radius 1 is 1.45 bits per heavy atom. The third-order valence-corrected chi connectivity index (χ3v) is 3.35. The van der Waals surface area contributed by atoms with E-state index in [4.69, 9.17) is 4.74 Å². The molecule has 0 fully saturated rings. The van der Waals surface area contributed by atoms with Gasteiger partial charge in [0.25, 0.3) is 0 Å². The summed E-state index contributed by atoms with van der Waals surface area (Å²) in [6, 6.07) is 5.49. The molecular weight excluding hydrogens is 317 g/mol. The second kappa shape index (κ2) is 6.61. The van der Waals surface area contributed by atoms with Crippen molar-refractivity contribution in [3.63, 3.8) is 0 Å². The number of halogens is 3. The monoisotopic (exact) mass is 328 g/mol. The van der Waals surface area contributed by atoms with E-state index in [0.29, 0.717) is 11.3 Å². The zero-order valence-corrected chi connectivity index (χ0v) is 12.0. The molecule has 2 heterocycles. The second-order valence-corrected chi connectivity index (χ2v) is 5.06. The predicted octanol–water partition coefficient (Wildman–Crippen LogP) is 4.47. The molecule has 1 N–H and O–H groups in total.